The van der Waals surface area contributed by atoms with Gasteiger partial charge in [0.1, 0.15) is 11.9 Å². The van der Waals surface area contributed by atoms with E-state index in [0.717, 1.165) is 23.0 Å². The van der Waals surface area contributed by atoms with Crippen LogP contribution in [-0.4, -0.2) is 59.5 Å². The van der Waals surface area contributed by atoms with Crippen molar-refractivity contribution < 1.29 is 14.4 Å². The molecule has 0 saturated heterocycles. The molecule has 0 aliphatic carbocycles. The Hall–Kier alpha value is -4.44. The summed E-state index contributed by atoms with van der Waals surface area (Å²) in [6.07, 6.45) is -0.0742. The van der Waals surface area contributed by atoms with Gasteiger partial charge in [-0.3, -0.25) is 19.4 Å². The zero-order valence-electron chi connectivity index (χ0n) is 21.6. The zero-order chi connectivity index (χ0) is 27.4. The molecular formula is C29H28N6O3S. The Labute approximate surface area is 231 Å². The number of carbonyl (C=O) groups excluding carboxylic acids is 3. The summed E-state index contributed by atoms with van der Waals surface area (Å²) in [6.45, 7) is 0.374. The average Bonchev–Trinajstić information content (AvgIpc) is 3.27. The Kier molecular flexibility index (Phi) is 7.74. The molecule has 5 rings (SSSR count). The number of thioether (sulfide) groups is 1. The SMILES string of the molecule is CN(C)c1ccc(NC(=O)CSC2=Nc3ccccc3C3=NC(CC(=O)NCc4ccccc4)C(=O)N23)cc1. The van der Waals surface area contributed by atoms with E-state index >= 15 is 0 Å². The lowest BCUT2D eigenvalue weighted by Crippen LogP contribution is -2.42. The number of benzene rings is 3. The maximum Gasteiger partial charge on any atom is 0.259 e. The van der Waals surface area contributed by atoms with Crippen LogP contribution in [0.15, 0.2) is 88.8 Å². The second kappa shape index (κ2) is 11.5. The molecule has 2 aliphatic rings. The van der Waals surface area contributed by atoms with E-state index in [1.807, 2.05) is 97.9 Å². The van der Waals surface area contributed by atoms with E-state index in [0.29, 0.717) is 34.5 Å². The van der Waals surface area contributed by atoms with Crippen molar-refractivity contribution in [3.05, 3.63) is 90.0 Å². The summed E-state index contributed by atoms with van der Waals surface area (Å²) >= 11 is 1.16. The lowest BCUT2D eigenvalue weighted by Gasteiger charge is -2.25. The standard InChI is InChI=1S/C29H28N6O3S/c1-34(2)21-14-12-20(13-15-21)31-26(37)18-39-29-33-23-11-7-6-10-22(23)27-32-24(28(38)35(27)29)16-25(36)30-17-19-8-4-3-5-9-19/h3-15,24H,16-18H2,1-2H3,(H,30,36)(H,31,37). The predicted octanol–water partition coefficient (Wildman–Crippen LogP) is 3.79. The molecule has 39 heavy (non-hydrogen) atoms. The first kappa shape index (κ1) is 26.2. The first-order chi connectivity index (χ1) is 18.9. The van der Waals surface area contributed by atoms with Crippen molar-refractivity contribution in [1.82, 2.24) is 10.2 Å². The van der Waals surface area contributed by atoms with E-state index in [4.69, 9.17) is 0 Å². The van der Waals surface area contributed by atoms with Gasteiger partial charge in [0.15, 0.2) is 5.17 Å². The summed E-state index contributed by atoms with van der Waals surface area (Å²) < 4.78 is 0. The molecule has 198 valence electrons. The van der Waals surface area contributed by atoms with Gasteiger partial charge in [-0.2, -0.15) is 0 Å². The normalized spacial score (nSPS) is 15.6. The topological polar surface area (TPSA) is 106 Å². The molecule has 2 heterocycles. The van der Waals surface area contributed by atoms with Crippen LogP contribution in [-0.2, 0) is 20.9 Å². The fraction of sp³-hybridized carbons (Fsp3) is 0.207. The predicted molar refractivity (Wildman–Crippen MR) is 155 cm³/mol. The quantitative estimate of drug-likeness (QED) is 0.452. The first-order valence-corrected chi connectivity index (χ1v) is 13.5. The number of hydrogen-bond acceptors (Lipinski definition) is 7. The van der Waals surface area contributed by atoms with Crippen molar-refractivity contribution in [2.24, 2.45) is 9.98 Å². The third-order valence-electron chi connectivity index (χ3n) is 6.26. The minimum Gasteiger partial charge on any atom is -0.378 e. The number of carbonyl (C=O) groups is 3. The number of anilines is 2. The first-order valence-electron chi connectivity index (χ1n) is 12.5. The third-order valence-corrected chi connectivity index (χ3v) is 7.20. The van der Waals surface area contributed by atoms with E-state index in [2.05, 4.69) is 20.6 Å². The van der Waals surface area contributed by atoms with Crippen molar-refractivity contribution in [3.8, 4) is 0 Å². The highest BCUT2D eigenvalue weighted by Crippen LogP contribution is 2.34. The maximum atomic E-state index is 13.4. The molecule has 3 amide bonds. The number of aliphatic imine (C=N–C) groups is 2. The minimum atomic E-state index is -0.864. The third kappa shape index (κ3) is 6.01. The number of fused-ring (bicyclic) bond motifs is 3. The molecule has 0 aromatic heterocycles. The molecule has 2 N–H and O–H groups in total. The van der Waals surface area contributed by atoms with Crippen LogP contribution in [0, 0.1) is 0 Å². The Morgan fingerprint density at radius 1 is 0.949 bits per heavy atom. The van der Waals surface area contributed by atoms with E-state index < -0.39 is 6.04 Å². The minimum absolute atomic E-state index is 0.0513. The largest absolute Gasteiger partial charge is 0.378 e. The van der Waals surface area contributed by atoms with Gasteiger partial charge in [0.05, 0.1) is 17.9 Å². The van der Waals surface area contributed by atoms with Gasteiger partial charge in [-0.1, -0.05) is 54.2 Å². The van der Waals surface area contributed by atoms with Gasteiger partial charge < -0.3 is 15.5 Å². The molecule has 3 aromatic carbocycles. The molecule has 0 spiro atoms. The van der Waals surface area contributed by atoms with Gasteiger partial charge in [-0.05, 0) is 42.0 Å². The lowest BCUT2D eigenvalue weighted by atomic mass is 10.1. The van der Waals surface area contributed by atoms with Crippen molar-refractivity contribution in [2.45, 2.75) is 19.0 Å². The van der Waals surface area contributed by atoms with E-state index in [9.17, 15) is 14.4 Å². The molecule has 1 atom stereocenters. The van der Waals surface area contributed by atoms with Gasteiger partial charge in [0.2, 0.25) is 11.8 Å². The second-order valence-electron chi connectivity index (χ2n) is 9.30. The van der Waals surface area contributed by atoms with Crippen LogP contribution in [0.2, 0.25) is 0 Å². The smallest absolute Gasteiger partial charge is 0.259 e. The molecule has 0 fully saturated rings. The Bertz CT molecular complexity index is 1450. The summed E-state index contributed by atoms with van der Waals surface area (Å²) in [5, 5.41) is 6.10. The fourth-order valence-corrected chi connectivity index (χ4v) is 5.05. The summed E-state index contributed by atoms with van der Waals surface area (Å²) in [6, 6.07) is 23.6. The number of hydrogen-bond donors (Lipinski definition) is 2. The average molecular weight is 541 g/mol. The molecule has 2 aliphatic heterocycles. The van der Waals surface area contributed by atoms with Crippen LogP contribution in [0.5, 0.6) is 0 Å². The Morgan fingerprint density at radius 3 is 2.41 bits per heavy atom. The number of para-hydroxylation sites is 1. The maximum absolute atomic E-state index is 13.4. The van der Waals surface area contributed by atoms with Gasteiger partial charge in [-0.25, -0.2) is 9.89 Å². The fourth-order valence-electron chi connectivity index (χ4n) is 4.25. The molecule has 9 nitrogen and oxygen atoms in total. The Balaban J connectivity index is 1.26. The second-order valence-corrected chi connectivity index (χ2v) is 10.2. The van der Waals surface area contributed by atoms with Crippen molar-refractivity contribution >= 4 is 57.5 Å². The lowest BCUT2D eigenvalue weighted by molar-refractivity contribution is -0.128. The van der Waals surface area contributed by atoms with E-state index in [1.165, 1.54) is 4.90 Å². The van der Waals surface area contributed by atoms with Crippen molar-refractivity contribution in [2.75, 3.05) is 30.1 Å². The van der Waals surface area contributed by atoms with Crippen LogP contribution in [0.1, 0.15) is 17.5 Å². The summed E-state index contributed by atoms with van der Waals surface area (Å²) in [5.74, 6) is -0.314. The van der Waals surface area contributed by atoms with Gasteiger partial charge in [-0.15, -0.1) is 0 Å². The highest BCUT2D eigenvalue weighted by atomic mass is 32.2. The molecule has 3 aromatic rings. The summed E-state index contributed by atoms with van der Waals surface area (Å²) in [4.78, 5) is 51.5. The van der Waals surface area contributed by atoms with Crippen LogP contribution < -0.4 is 15.5 Å². The van der Waals surface area contributed by atoms with Gasteiger partial charge in [0.25, 0.3) is 5.91 Å². The van der Waals surface area contributed by atoms with E-state index in [1.54, 1.807) is 0 Å². The molecule has 0 saturated carbocycles. The highest BCUT2D eigenvalue weighted by molar-refractivity contribution is 8.14. The number of nitrogens with zero attached hydrogens (tertiary/aromatic N) is 4. The number of rotatable bonds is 8. The monoisotopic (exact) mass is 540 g/mol. The van der Waals surface area contributed by atoms with Crippen molar-refractivity contribution in [1.29, 1.82) is 0 Å². The Morgan fingerprint density at radius 2 is 1.67 bits per heavy atom. The molecule has 0 bridgehead atoms. The summed E-state index contributed by atoms with van der Waals surface area (Å²) in [5.41, 5.74) is 4.06. The number of amides is 3. The van der Waals surface area contributed by atoms with E-state index in [-0.39, 0.29) is 29.9 Å². The number of nitrogens with one attached hydrogen (secondary N) is 2. The molecular weight excluding hydrogens is 512 g/mol. The van der Waals surface area contributed by atoms with Crippen molar-refractivity contribution in [3.63, 3.8) is 0 Å². The van der Waals surface area contributed by atoms with Crippen LogP contribution in [0.4, 0.5) is 17.1 Å². The molecule has 10 heteroatoms. The van der Waals surface area contributed by atoms with Gasteiger partial charge >= 0.3 is 0 Å². The highest BCUT2D eigenvalue weighted by Gasteiger charge is 2.42. The summed E-state index contributed by atoms with van der Waals surface area (Å²) in [7, 11) is 3.90. The molecule has 0 radical (unpaired) electrons. The molecule has 1 unspecified atom stereocenters. The number of amidine groups is 2. The van der Waals surface area contributed by atoms with Crippen LogP contribution in [0.3, 0.4) is 0 Å². The van der Waals surface area contributed by atoms with Crippen LogP contribution in [0.25, 0.3) is 0 Å². The zero-order valence-corrected chi connectivity index (χ0v) is 22.4. The van der Waals surface area contributed by atoms with Crippen LogP contribution >= 0.6 is 11.8 Å². The van der Waals surface area contributed by atoms with Gasteiger partial charge in [0, 0.05) is 37.6 Å².